The van der Waals surface area contributed by atoms with Crippen molar-refractivity contribution in [3.63, 3.8) is 0 Å². The molecule has 1 aromatic rings. The molecule has 2 rings (SSSR count). The molecule has 2 heterocycles. The second-order valence-corrected chi connectivity index (χ2v) is 5.01. The SMILES string of the molecule is CCc1c(NC)ncnc1N1CCCCCC1CO. The minimum atomic E-state index is 0.187. The topological polar surface area (TPSA) is 61.3 Å². The average molecular weight is 264 g/mol. The van der Waals surface area contributed by atoms with Crippen LogP contribution in [-0.4, -0.2) is 41.3 Å². The average Bonchev–Trinajstić information content (AvgIpc) is 2.71. The van der Waals surface area contributed by atoms with E-state index in [2.05, 4.69) is 27.1 Å². The van der Waals surface area contributed by atoms with E-state index < -0.39 is 0 Å². The second-order valence-electron chi connectivity index (χ2n) is 5.01. The van der Waals surface area contributed by atoms with Gasteiger partial charge in [0.25, 0.3) is 0 Å². The van der Waals surface area contributed by atoms with Crippen molar-refractivity contribution in [1.82, 2.24) is 9.97 Å². The van der Waals surface area contributed by atoms with Gasteiger partial charge in [0.2, 0.25) is 0 Å². The van der Waals surface area contributed by atoms with Crippen LogP contribution in [-0.2, 0) is 6.42 Å². The number of rotatable bonds is 4. The zero-order valence-corrected chi connectivity index (χ0v) is 11.9. The second kappa shape index (κ2) is 6.70. The maximum absolute atomic E-state index is 9.64. The molecule has 19 heavy (non-hydrogen) atoms. The Morgan fingerprint density at radius 2 is 2.21 bits per heavy atom. The van der Waals surface area contributed by atoms with Gasteiger partial charge in [-0.1, -0.05) is 19.8 Å². The van der Waals surface area contributed by atoms with Gasteiger partial charge in [0.1, 0.15) is 18.0 Å². The van der Waals surface area contributed by atoms with Crippen molar-refractivity contribution in [2.75, 3.05) is 30.4 Å². The summed E-state index contributed by atoms with van der Waals surface area (Å²) in [5.41, 5.74) is 1.14. The number of aliphatic hydroxyl groups is 1. The molecule has 0 aliphatic carbocycles. The van der Waals surface area contributed by atoms with Crippen LogP contribution >= 0.6 is 0 Å². The van der Waals surface area contributed by atoms with Gasteiger partial charge in [-0.25, -0.2) is 9.97 Å². The molecule has 1 unspecified atom stereocenters. The molecular formula is C14H24N4O. The summed E-state index contributed by atoms with van der Waals surface area (Å²) in [4.78, 5) is 11.0. The van der Waals surface area contributed by atoms with Crippen molar-refractivity contribution in [1.29, 1.82) is 0 Å². The predicted octanol–water partition coefficient (Wildman–Crippen LogP) is 1.82. The lowest BCUT2D eigenvalue weighted by Crippen LogP contribution is -2.39. The van der Waals surface area contributed by atoms with Gasteiger partial charge in [0.15, 0.2) is 0 Å². The van der Waals surface area contributed by atoms with Gasteiger partial charge in [0, 0.05) is 19.2 Å². The third kappa shape index (κ3) is 2.97. The summed E-state index contributed by atoms with van der Waals surface area (Å²) in [5, 5.41) is 12.8. The molecule has 1 aromatic heterocycles. The van der Waals surface area contributed by atoms with E-state index in [0.29, 0.717) is 0 Å². The molecule has 5 nitrogen and oxygen atoms in total. The van der Waals surface area contributed by atoms with Gasteiger partial charge in [0.05, 0.1) is 12.6 Å². The summed E-state index contributed by atoms with van der Waals surface area (Å²) in [5.74, 6) is 1.89. The Morgan fingerprint density at radius 3 is 2.89 bits per heavy atom. The molecule has 2 N–H and O–H groups in total. The molecule has 1 aliphatic rings. The number of nitrogens with one attached hydrogen (secondary N) is 1. The van der Waals surface area contributed by atoms with Gasteiger partial charge in [-0.2, -0.15) is 0 Å². The fourth-order valence-corrected chi connectivity index (χ4v) is 2.84. The maximum atomic E-state index is 9.64. The molecule has 1 aliphatic heterocycles. The predicted molar refractivity (Wildman–Crippen MR) is 77.6 cm³/mol. The molecule has 1 atom stereocenters. The molecule has 0 amide bonds. The molecule has 5 heteroatoms. The van der Waals surface area contributed by atoms with Crippen LogP contribution in [0, 0.1) is 0 Å². The van der Waals surface area contributed by atoms with E-state index in [1.54, 1.807) is 6.33 Å². The Kier molecular flexibility index (Phi) is 4.96. The lowest BCUT2D eigenvalue weighted by Gasteiger charge is -2.31. The van der Waals surface area contributed by atoms with Crippen LogP contribution in [0.25, 0.3) is 0 Å². The highest BCUT2D eigenvalue weighted by Gasteiger charge is 2.24. The summed E-state index contributed by atoms with van der Waals surface area (Å²) >= 11 is 0. The van der Waals surface area contributed by atoms with E-state index in [0.717, 1.165) is 36.6 Å². The lowest BCUT2D eigenvalue weighted by atomic mass is 10.1. The highest BCUT2D eigenvalue weighted by Crippen LogP contribution is 2.28. The minimum Gasteiger partial charge on any atom is -0.394 e. The Balaban J connectivity index is 2.37. The van der Waals surface area contributed by atoms with E-state index >= 15 is 0 Å². The van der Waals surface area contributed by atoms with Crippen LogP contribution in [0.3, 0.4) is 0 Å². The normalized spacial score (nSPS) is 20.2. The van der Waals surface area contributed by atoms with Crippen LogP contribution in [0.2, 0.25) is 0 Å². The fourth-order valence-electron chi connectivity index (χ4n) is 2.84. The molecule has 0 spiro atoms. The minimum absolute atomic E-state index is 0.187. The van der Waals surface area contributed by atoms with Crippen molar-refractivity contribution in [3.8, 4) is 0 Å². The van der Waals surface area contributed by atoms with Gasteiger partial charge in [-0.05, 0) is 19.3 Å². The lowest BCUT2D eigenvalue weighted by molar-refractivity contribution is 0.254. The van der Waals surface area contributed by atoms with Crippen molar-refractivity contribution in [2.45, 2.75) is 45.1 Å². The van der Waals surface area contributed by atoms with Crippen molar-refractivity contribution >= 4 is 11.6 Å². The Bertz CT molecular complexity index is 410. The van der Waals surface area contributed by atoms with E-state index in [-0.39, 0.29) is 12.6 Å². The van der Waals surface area contributed by atoms with Crippen LogP contribution < -0.4 is 10.2 Å². The van der Waals surface area contributed by atoms with E-state index in [1.165, 1.54) is 19.3 Å². The summed E-state index contributed by atoms with van der Waals surface area (Å²) < 4.78 is 0. The van der Waals surface area contributed by atoms with Crippen molar-refractivity contribution in [3.05, 3.63) is 11.9 Å². The molecular weight excluding hydrogens is 240 g/mol. The monoisotopic (exact) mass is 264 g/mol. The summed E-state index contributed by atoms with van der Waals surface area (Å²) in [6, 6.07) is 0.187. The number of nitrogens with zero attached hydrogens (tertiary/aromatic N) is 3. The molecule has 1 fully saturated rings. The standard InChI is InChI=1S/C14H24N4O/c1-3-12-13(15-2)16-10-17-14(12)18-8-6-4-5-7-11(18)9-19/h10-11,19H,3-9H2,1-2H3,(H,15,16,17). The van der Waals surface area contributed by atoms with Crippen LogP contribution in [0.5, 0.6) is 0 Å². The smallest absolute Gasteiger partial charge is 0.137 e. The number of hydrogen-bond acceptors (Lipinski definition) is 5. The molecule has 0 aromatic carbocycles. The van der Waals surface area contributed by atoms with Crippen LogP contribution in [0.1, 0.15) is 38.2 Å². The van der Waals surface area contributed by atoms with E-state index in [1.807, 2.05) is 7.05 Å². The summed E-state index contributed by atoms with van der Waals surface area (Å²) in [7, 11) is 1.89. The molecule has 0 saturated carbocycles. The van der Waals surface area contributed by atoms with E-state index in [9.17, 15) is 5.11 Å². The van der Waals surface area contributed by atoms with Crippen molar-refractivity contribution < 1.29 is 5.11 Å². The third-order valence-electron chi connectivity index (χ3n) is 3.87. The summed E-state index contributed by atoms with van der Waals surface area (Å²) in [6.07, 6.45) is 7.13. The molecule has 0 bridgehead atoms. The fraction of sp³-hybridized carbons (Fsp3) is 0.714. The largest absolute Gasteiger partial charge is 0.394 e. The highest BCUT2D eigenvalue weighted by molar-refractivity contribution is 5.59. The van der Waals surface area contributed by atoms with Crippen molar-refractivity contribution in [2.24, 2.45) is 0 Å². The highest BCUT2D eigenvalue weighted by atomic mass is 16.3. The Morgan fingerprint density at radius 1 is 1.37 bits per heavy atom. The van der Waals surface area contributed by atoms with Gasteiger partial charge in [-0.3, -0.25) is 0 Å². The van der Waals surface area contributed by atoms with Gasteiger partial charge < -0.3 is 15.3 Å². The maximum Gasteiger partial charge on any atom is 0.137 e. The quantitative estimate of drug-likeness (QED) is 0.868. The number of anilines is 2. The molecule has 106 valence electrons. The molecule has 0 radical (unpaired) electrons. The van der Waals surface area contributed by atoms with E-state index in [4.69, 9.17) is 0 Å². The Hall–Kier alpha value is -1.36. The first kappa shape index (κ1) is 14.1. The number of aliphatic hydroxyl groups excluding tert-OH is 1. The number of hydrogen-bond donors (Lipinski definition) is 2. The number of aromatic nitrogens is 2. The van der Waals surface area contributed by atoms with Crippen LogP contribution in [0.4, 0.5) is 11.6 Å². The zero-order chi connectivity index (χ0) is 13.7. The first-order valence-corrected chi connectivity index (χ1v) is 7.21. The molecule has 1 saturated heterocycles. The first-order chi connectivity index (χ1) is 9.31. The zero-order valence-electron chi connectivity index (χ0n) is 11.9. The first-order valence-electron chi connectivity index (χ1n) is 7.21. The van der Waals surface area contributed by atoms with Gasteiger partial charge >= 0.3 is 0 Å². The van der Waals surface area contributed by atoms with Crippen LogP contribution in [0.15, 0.2) is 6.33 Å². The third-order valence-corrected chi connectivity index (χ3v) is 3.87. The van der Waals surface area contributed by atoms with Gasteiger partial charge in [-0.15, -0.1) is 0 Å². The Labute approximate surface area is 115 Å². The summed E-state index contributed by atoms with van der Waals surface area (Å²) in [6.45, 7) is 3.29.